The predicted molar refractivity (Wildman–Crippen MR) is 136 cm³/mol. The topological polar surface area (TPSA) is 122 Å². The van der Waals surface area contributed by atoms with E-state index in [4.69, 9.17) is 4.74 Å². The molecule has 0 radical (unpaired) electrons. The highest BCUT2D eigenvalue weighted by molar-refractivity contribution is 8.04. The summed E-state index contributed by atoms with van der Waals surface area (Å²) in [6, 6.07) is 14.4. The van der Waals surface area contributed by atoms with Crippen molar-refractivity contribution in [2.24, 2.45) is 0 Å². The smallest absolute Gasteiger partial charge is 0.340 e. The highest BCUT2D eigenvalue weighted by Crippen LogP contribution is 2.39. The van der Waals surface area contributed by atoms with E-state index in [0.29, 0.717) is 17.8 Å². The van der Waals surface area contributed by atoms with E-state index in [2.05, 4.69) is 15.3 Å². The van der Waals surface area contributed by atoms with E-state index >= 15 is 0 Å². The first kappa shape index (κ1) is 24.9. The fourth-order valence-corrected chi connectivity index (χ4v) is 4.57. The van der Waals surface area contributed by atoms with Crippen molar-refractivity contribution in [2.45, 2.75) is 32.3 Å². The van der Waals surface area contributed by atoms with Crippen LogP contribution in [0.1, 0.15) is 35.1 Å². The van der Waals surface area contributed by atoms with Gasteiger partial charge in [0.15, 0.2) is 5.16 Å². The molecule has 2 aromatic carbocycles. The number of nitrogens with zero attached hydrogens (tertiary/aromatic N) is 3. The van der Waals surface area contributed by atoms with Gasteiger partial charge in [0.05, 0.1) is 23.5 Å². The number of ether oxygens (including phenoxy) is 1. The molecule has 9 nitrogen and oxygen atoms in total. The van der Waals surface area contributed by atoms with Crippen LogP contribution in [0.3, 0.4) is 0 Å². The Labute approximate surface area is 212 Å². The second kappa shape index (κ2) is 10.6. The highest BCUT2D eigenvalue weighted by Gasteiger charge is 2.42. The molecular formula is C26H24N4O5S. The number of nitrogens with one attached hydrogen (secondary N) is 1. The molecule has 3 aromatic rings. The zero-order valence-corrected chi connectivity index (χ0v) is 20.8. The third-order valence-corrected chi connectivity index (χ3v) is 6.11. The Balaban J connectivity index is 1.79. The number of esters is 1. The normalized spacial score (nSPS) is 13.4. The van der Waals surface area contributed by atoms with Crippen LogP contribution in [0.4, 0.5) is 11.4 Å². The molecule has 1 aliphatic rings. The van der Waals surface area contributed by atoms with Crippen molar-refractivity contribution in [3.05, 3.63) is 82.2 Å². The first-order valence-electron chi connectivity index (χ1n) is 11.2. The van der Waals surface area contributed by atoms with E-state index in [1.54, 1.807) is 50.2 Å². The molecule has 0 fully saturated rings. The number of para-hydroxylation sites is 3. The van der Waals surface area contributed by atoms with Crippen molar-refractivity contribution >= 4 is 40.9 Å². The number of carbonyl (C=O) groups excluding carboxylic acids is 3. The number of hydrogen-bond acceptors (Lipinski definition) is 9. The van der Waals surface area contributed by atoms with Crippen LogP contribution in [0.2, 0.25) is 0 Å². The minimum Gasteiger partial charge on any atom is -0.506 e. The van der Waals surface area contributed by atoms with E-state index in [1.807, 2.05) is 6.92 Å². The van der Waals surface area contributed by atoms with E-state index in [0.717, 1.165) is 16.7 Å². The second-order valence-electron chi connectivity index (χ2n) is 7.98. The van der Waals surface area contributed by atoms with Crippen LogP contribution < -0.4 is 10.2 Å². The molecule has 0 saturated heterocycles. The molecule has 36 heavy (non-hydrogen) atoms. The molecule has 1 aliphatic heterocycles. The summed E-state index contributed by atoms with van der Waals surface area (Å²) >= 11 is 0.936. The van der Waals surface area contributed by atoms with Crippen LogP contribution in [0, 0.1) is 13.8 Å². The zero-order valence-electron chi connectivity index (χ0n) is 19.9. The summed E-state index contributed by atoms with van der Waals surface area (Å²) in [6.45, 7) is 5.69. The number of hydrogen-bond donors (Lipinski definition) is 2. The van der Waals surface area contributed by atoms with Crippen LogP contribution in [-0.4, -0.2) is 39.5 Å². The first-order chi connectivity index (χ1) is 17.3. The van der Waals surface area contributed by atoms with Gasteiger partial charge in [0, 0.05) is 11.4 Å². The van der Waals surface area contributed by atoms with Crippen LogP contribution in [0.5, 0.6) is 5.75 Å². The summed E-state index contributed by atoms with van der Waals surface area (Å²) in [5.74, 6) is -2.08. The molecule has 0 atom stereocenters. The monoisotopic (exact) mass is 504 g/mol. The number of amides is 2. The number of phenolic OH excluding ortho intramolecular Hbond substituents is 1. The minimum absolute atomic E-state index is 0.0324. The Bertz CT molecular complexity index is 1370. The average Bonchev–Trinajstić information content (AvgIpc) is 3.07. The average molecular weight is 505 g/mol. The van der Waals surface area contributed by atoms with E-state index in [9.17, 15) is 19.5 Å². The van der Waals surface area contributed by atoms with Gasteiger partial charge in [-0.3, -0.25) is 9.59 Å². The lowest BCUT2D eigenvalue weighted by Crippen LogP contribution is -2.33. The van der Waals surface area contributed by atoms with Crippen molar-refractivity contribution in [2.75, 3.05) is 16.8 Å². The maximum Gasteiger partial charge on any atom is 0.340 e. The van der Waals surface area contributed by atoms with Gasteiger partial charge in [-0.05, 0) is 62.4 Å². The molecule has 184 valence electrons. The van der Waals surface area contributed by atoms with Gasteiger partial charge in [-0.15, -0.1) is 0 Å². The summed E-state index contributed by atoms with van der Waals surface area (Å²) in [7, 11) is 0. The van der Waals surface area contributed by atoms with Gasteiger partial charge < -0.3 is 15.2 Å². The minimum atomic E-state index is -0.689. The Morgan fingerprint density at radius 1 is 1.03 bits per heavy atom. The highest BCUT2D eigenvalue weighted by atomic mass is 32.2. The van der Waals surface area contributed by atoms with E-state index < -0.39 is 17.8 Å². The lowest BCUT2D eigenvalue weighted by Gasteiger charge is -2.18. The molecule has 0 saturated carbocycles. The standard InChI is InChI=1S/C26H24N4O5S/c1-4-13-35-25(34)17-9-5-7-11-19(17)30-23(32)21(29-18-10-6-8-12-20(18)31)22(24(30)33)36-26-27-15(2)14-16(3)28-26/h5-12,14,29,31H,4,13H2,1-3H3. The number of thioether (sulfide) groups is 1. The largest absolute Gasteiger partial charge is 0.506 e. The number of phenols is 1. The van der Waals surface area contributed by atoms with Crippen molar-refractivity contribution in [3.63, 3.8) is 0 Å². The Morgan fingerprint density at radius 3 is 2.39 bits per heavy atom. The molecule has 0 spiro atoms. The Morgan fingerprint density at radius 2 is 1.69 bits per heavy atom. The molecule has 0 unspecified atom stereocenters. The van der Waals surface area contributed by atoms with Crippen LogP contribution in [0.25, 0.3) is 0 Å². The maximum atomic E-state index is 13.7. The molecule has 10 heteroatoms. The van der Waals surface area contributed by atoms with Crippen LogP contribution >= 0.6 is 11.8 Å². The number of benzene rings is 2. The Kier molecular flexibility index (Phi) is 7.35. The fraction of sp³-hybridized carbons (Fsp3) is 0.192. The number of aromatic nitrogens is 2. The third kappa shape index (κ3) is 5.08. The molecule has 2 heterocycles. The number of aromatic hydroxyl groups is 1. The summed E-state index contributed by atoms with van der Waals surface area (Å²) in [5.41, 5.74) is 1.78. The molecule has 2 amide bonds. The fourth-order valence-electron chi connectivity index (χ4n) is 3.59. The van der Waals surface area contributed by atoms with Gasteiger partial charge in [0.25, 0.3) is 11.8 Å². The number of rotatable bonds is 8. The molecule has 4 rings (SSSR count). The predicted octanol–water partition coefficient (Wildman–Crippen LogP) is 4.36. The van der Waals surface area contributed by atoms with Crippen molar-refractivity contribution in [3.8, 4) is 5.75 Å². The lowest BCUT2D eigenvalue weighted by molar-refractivity contribution is -0.120. The molecule has 2 N–H and O–H groups in total. The van der Waals surface area contributed by atoms with Crippen molar-refractivity contribution in [1.82, 2.24) is 9.97 Å². The SMILES string of the molecule is CCCOC(=O)c1ccccc1N1C(=O)C(Nc2ccccc2O)=C(Sc2nc(C)cc(C)n2)C1=O. The third-order valence-electron chi connectivity index (χ3n) is 5.16. The Hall–Kier alpha value is -4.18. The maximum absolute atomic E-state index is 13.7. The number of aryl methyl sites for hydroxylation is 2. The quantitative estimate of drug-likeness (QED) is 0.199. The number of imide groups is 1. The van der Waals surface area contributed by atoms with Crippen molar-refractivity contribution in [1.29, 1.82) is 0 Å². The van der Waals surface area contributed by atoms with Crippen LogP contribution in [-0.2, 0) is 14.3 Å². The zero-order chi connectivity index (χ0) is 25.8. The van der Waals surface area contributed by atoms with Gasteiger partial charge >= 0.3 is 5.97 Å². The molecule has 0 aliphatic carbocycles. The van der Waals surface area contributed by atoms with E-state index in [-0.39, 0.29) is 45.1 Å². The van der Waals surface area contributed by atoms with Gasteiger partial charge in [0.1, 0.15) is 16.4 Å². The summed E-state index contributed by atoms with van der Waals surface area (Å²) in [4.78, 5) is 49.7. The summed E-state index contributed by atoms with van der Waals surface area (Å²) in [5, 5.41) is 13.5. The first-order valence-corrected chi connectivity index (χ1v) is 12.1. The molecular weight excluding hydrogens is 480 g/mol. The van der Waals surface area contributed by atoms with Crippen molar-refractivity contribution < 1.29 is 24.2 Å². The lowest BCUT2D eigenvalue weighted by atomic mass is 10.1. The van der Waals surface area contributed by atoms with Gasteiger partial charge in [-0.2, -0.15) is 0 Å². The van der Waals surface area contributed by atoms with Gasteiger partial charge in [0.2, 0.25) is 0 Å². The molecule has 0 bridgehead atoms. The van der Waals surface area contributed by atoms with Gasteiger partial charge in [-0.1, -0.05) is 31.2 Å². The molecule has 1 aromatic heterocycles. The van der Waals surface area contributed by atoms with Crippen LogP contribution in [0.15, 0.2) is 70.4 Å². The van der Waals surface area contributed by atoms with E-state index in [1.165, 1.54) is 18.2 Å². The number of anilines is 2. The number of carbonyl (C=O) groups is 3. The summed E-state index contributed by atoms with van der Waals surface area (Å²) in [6.07, 6.45) is 0.627. The summed E-state index contributed by atoms with van der Waals surface area (Å²) < 4.78 is 5.26. The second-order valence-corrected chi connectivity index (χ2v) is 8.96. The van der Waals surface area contributed by atoms with Gasteiger partial charge in [-0.25, -0.2) is 19.7 Å².